The first kappa shape index (κ1) is 12.2. The topological polar surface area (TPSA) is 56.0 Å². The summed E-state index contributed by atoms with van der Waals surface area (Å²) in [6.45, 7) is 0. The van der Waals surface area contributed by atoms with Crippen molar-refractivity contribution in [3.63, 3.8) is 0 Å². The summed E-state index contributed by atoms with van der Waals surface area (Å²) in [4.78, 5) is 14.3. The number of nitrogens with zero attached hydrogens (tertiary/aromatic N) is 2. The average Bonchev–Trinajstić information content (AvgIpc) is 2.40. The summed E-state index contributed by atoms with van der Waals surface area (Å²) >= 11 is 0. The number of hydrogen-bond acceptors (Lipinski definition) is 3. The number of nitro groups is 1. The van der Waals surface area contributed by atoms with Gasteiger partial charge in [0, 0.05) is 24.5 Å². The highest BCUT2D eigenvalue weighted by molar-refractivity contribution is 5.34. The Kier molecular flexibility index (Phi) is 4.02. The van der Waals surface area contributed by atoms with Gasteiger partial charge in [0.05, 0.1) is 4.92 Å². The lowest BCUT2D eigenvalue weighted by atomic mass is 10.0. The molecule has 0 bridgehead atoms. The van der Waals surface area contributed by atoms with E-state index in [2.05, 4.69) is 4.98 Å². The third-order valence-corrected chi connectivity index (χ3v) is 2.80. The van der Waals surface area contributed by atoms with Crippen LogP contribution in [0.25, 0.3) is 0 Å². The fourth-order valence-corrected chi connectivity index (χ4v) is 1.87. The molecule has 0 amide bonds. The number of nitro benzene ring substituents is 1. The predicted octanol–water partition coefficient (Wildman–Crippen LogP) is 3.17. The van der Waals surface area contributed by atoms with Gasteiger partial charge >= 0.3 is 0 Å². The molecule has 0 saturated carbocycles. The quantitative estimate of drug-likeness (QED) is 0.597. The van der Waals surface area contributed by atoms with E-state index in [9.17, 15) is 10.1 Å². The number of hydrogen-bond donors (Lipinski definition) is 0. The molecule has 2 rings (SSSR count). The largest absolute Gasteiger partial charge is 0.269 e. The van der Waals surface area contributed by atoms with Gasteiger partial charge in [-0.1, -0.05) is 12.1 Å². The smallest absolute Gasteiger partial charge is 0.265 e. The lowest BCUT2D eigenvalue weighted by molar-refractivity contribution is -0.384. The van der Waals surface area contributed by atoms with Gasteiger partial charge in [-0.25, -0.2) is 0 Å². The van der Waals surface area contributed by atoms with Crippen LogP contribution in [-0.4, -0.2) is 9.91 Å². The lowest BCUT2D eigenvalue weighted by Crippen LogP contribution is -1.93. The minimum atomic E-state index is -0.355. The fraction of sp³-hybridized carbons (Fsp3) is 0.214. The molecule has 0 aliphatic heterocycles. The first-order valence-electron chi connectivity index (χ1n) is 5.88. The Balaban J connectivity index is 1.90. The van der Waals surface area contributed by atoms with Gasteiger partial charge in [-0.2, -0.15) is 0 Å². The van der Waals surface area contributed by atoms with E-state index in [-0.39, 0.29) is 10.6 Å². The number of rotatable bonds is 5. The number of benzene rings is 1. The Bertz CT molecular complexity index is 526. The van der Waals surface area contributed by atoms with Crippen molar-refractivity contribution in [1.82, 2.24) is 4.98 Å². The second-order valence-corrected chi connectivity index (χ2v) is 4.14. The fourth-order valence-electron chi connectivity index (χ4n) is 1.87. The molecule has 4 heteroatoms. The molecule has 0 fully saturated rings. The zero-order valence-electron chi connectivity index (χ0n) is 9.95. The third kappa shape index (κ3) is 3.38. The summed E-state index contributed by atoms with van der Waals surface area (Å²) in [7, 11) is 0. The lowest BCUT2D eigenvalue weighted by Gasteiger charge is -2.02. The minimum absolute atomic E-state index is 0.163. The third-order valence-electron chi connectivity index (χ3n) is 2.80. The molecule has 0 atom stereocenters. The highest BCUT2D eigenvalue weighted by Crippen LogP contribution is 2.15. The summed E-state index contributed by atoms with van der Waals surface area (Å²) in [5.74, 6) is 0. The molecule has 0 N–H and O–H groups in total. The van der Waals surface area contributed by atoms with Gasteiger partial charge in [0.15, 0.2) is 0 Å². The minimum Gasteiger partial charge on any atom is -0.265 e. The van der Waals surface area contributed by atoms with Crippen molar-refractivity contribution in [1.29, 1.82) is 0 Å². The van der Waals surface area contributed by atoms with E-state index in [1.807, 2.05) is 18.2 Å². The van der Waals surface area contributed by atoms with Gasteiger partial charge in [-0.15, -0.1) is 0 Å². The second-order valence-electron chi connectivity index (χ2n) is 4.14. The Labute approximate surface area is 105 Å². The summed E-state index contributed by atoms with van der Waals surface area (Å²) in [5, 5.41) is 10.6. The molecule has 0 spiro atoms. The first-order valence-corrected chi connectivity index (χ1v) is 5.88. The van der Waals surface area contributed by atoms with Gasteiger partial charge in [-0.05, 0) is 42.5 Å². The Morgan fingerprint density at radius 1 is 1.06 bits per heavy atom. The van der Waals surface area contributed by atoms with Gasteiger partial charge < -0.3 is 0 Å². The normalized spacial score (nSPS) is 10.2. The molecule has 0 unspecified atom stereocenters. The predicted molar refractivity (Wildman–Crippen MR) is 69.4 cm³/mol. The van der Waals surface area contributed by atoms with E-state index in [1.54, 1.807) is 24.5 Å². The van der Waals surface area contributed by atoms with Crippen molar-refractivity contribution < 1.29 is 4.92 Å². The molecule has 0 aliphatic carbocycles. The molecular formula is C14H14N2O2. The number of aryl methyl sites for hydroxylation is 2. The summed E-state index contributed by atoms with van der Waals surface area (Å²) < 4.78 is 0. The van der Waals surface area contributed by atoms with Crippen LogP contribution < -0.4 is 0 Å². The van der Waals surface area contributed by atoms with Crippen molar-refractivity contribution in [3.05, 3.63) is 70.0 Å². The molecule has 0 saturated heterocycles. The maximum atomic E-state index is 10.6. The molecular weight excluding hydrogens is 228 g/mol. The van der Waals surface area contributed by atoms with E-state index in [4.69, 9.17) is 0 Å². The number of aromatic nitrogens is 1. The van der Waals surface area contributed by atoms with Crippen LogP contribution in [0.2, 0.25) is 0 Å². The molecule has 1 aromatic heterocycles. The molecule has 2 aromatic rings. The highest BCUT2D eigenvalue weighted by Gasteiger charge is 2.05. The molecule has 1 heterocycles. The SMILES string of the molecule is O=[N+]([O-])c1cccc(CCCc2ccncc2)c1. The van der Waals surface area contributed by atoms with E-state index in [1.165, 1.54) is 11.6 Å². The first-order chi connectivity index (χ1) is 8.75. The van der Waals surface area contributed by atoms with Crippen molar-refractivity contribution in [2.24, 2.45) is 0 Å². The molecule has 1 aromatic carbocycles. The van der Waals surface area contributed by atoms with E-state index >= 15 is 0 Å². The summed E-state index contributed by atoms with van der Waals surface area (Å²) in [6, 6.07) is 10.8. The zero-order valence-corrected chi connectivity index (χ0v) is 9.95. The van der Waals surface area contributed by atoms with E-state index < -0.39 is 0 Å². The monoisotopic (exact) mass is 242 g/mol. The Morgan fingerprint density at radius 2 is 1.78 bits per heavy atom. The number of pyridine rings is 1. The van der Waals surface area contributed by atoms with Crippen LogP contribution >= 0.6 is 0 Å². The van der Waals surface area contributed by atoms with E-state index in [0.29, 0.717) is 0 Å². The number of non-ortho nitro benzene ring substituents is 1. The van der Waals surface area contributed by atoms with Gasteiger partial charge in [0.2, 0.25) is 0 Å². The standard InChI is InChI=1S/C14H14N2O2/c17-16(18)14-6-2-5-13(11-14)4-1-3-12-7-9-15-10-8-12/h2,5-11H,1,3-4H2. The van der Waals surface area contributed by atoms with Crippen LogP contribution in [0.1, 0.15) is 17.5 Å². The molecule has 4 nitrogen and oxygen atoms in total. The summed E-state index contributed by atoms with van der Waals surface area (Å²) in [5.41, 5.74) is 2.42. The van der Waals surface area contributed by atoms with Crippen molar-refractivity contribution in [2.75, 3.05) is 0 Å². The highest BCUT2D eigenvalue weighted by atomic mass is 16.6. The van der Waals surface area contributed by atoms with Crippen LogP contribution in [0.15, 0.2) is 48.8 Å². The van der Waals surface area contributed by atoms with Crippen molar-refractivity contribution in [2.45, 2.75) is 19.3 Å². The molecule has 18 heavy (non-hydrogen) atoms. The average molecular weight is 242 g/mol. The van der Waals surface area contributed by atoms with E-state index in [0.717, 1.165) is 24.8 Å². The van der Waals surface area contributed by atoms with Gasteiger partial charge in [0.25, 0.3) is 5.69 Å². The molecule has 92 valence electrons. The summed E-state index contributed by atoms with van der Waals surface area (Å²) in [6.07, 6.45) is 6.35. The van der Waals surface area contributed by atoms with Crippen molar-refractivity contribution in [3.8, 4) is 0 Å². The maximum absolute atomic E-state index is 10.6. The zero-order chi connectivity index (χ0) is 12.8. The molecule has 0 aliphatic rings. The van der Waals surface area contributed by atoms with Crippen LogP contribution in [-0.2, 0) is 12.8 Å². The van der Waals surface area contributed by atoms with Crippen LogP contribution in [0.4, 0.5) is 5.69 Å². The second kappa shape index (κ2) is 5.91. The maximum Gasteiger partial charge on any atom is 0.269 e. The Hall–Kier alpha value is -2.23. The van der Waals surface area contributed by atoms with Crippen LogP contribution in [0, 0.1) is 10.1 Å². The van der Waals surface area contributed by atoms with Crippen LogP contribution in [0.5, 0.6) is 0 Å². The van der Waals surface area contributed by atoms with Crippen LogP contribution in [0.3, 0.4) is 0 Å². The van der Waals surface area contributed by atoms with Gasteiger partial charge in [-0.3, -0.25) is 15.1 Å². The van der Waals surface area contributed by atoms with Crippen molar-refractivity contribution >= 4 is 5.69 Å². The van der Waals surface area contributed by atoms with Gasteiger partial charge in [0.1, 0.15) is 0 Å². The Morgan fingerprint density at radius 3 is 2.50 bits per heavy atom. The molecule has 0 radical (unpaired) electrons.